The lowest BCUT2D eigenvalue weighted by molar-refractivity contribution is -0.142. The predicted octanol–water partition coefficient (Wildman–Crippen LogP) is -0.358. The van der Waals surface area contributed by atoms with Crippen LogP contribution in [0.15, 0.2) is 48.0 Å². The number of imidazole rings is 1. The van der Waals surface area contributed by atoms with Crippen LogP contribution in [0.4, 0.5) is 0 Å². The van der Waals surface area contributed by atoms with E-state index in [2.05, 4.69) is 35.9 Å². The molecule has 12 N–H and O–H groups in total. The molecule has 4 atom stereocenters. The Labute approximate surface area is 254 Å². The molecule has 4 unspecified atom stereocenters. The molecular weight excluding hydrogens is 568 g/mol. The highest BCUT2D eigenvalue weighted by atomic mass is 16.4. The number of hydrogen-bond donors (Lipinski definition) is 9. The number of carbonyl (C=O) groups is 4. The average Bonchev–Trinajstić information content (AvgIpc) is 3.63. The largest absolute Gasteiger partial charge is 0.480 e. The first-order valence-electron chi connectivity index (χ1n) is 14.4. The minimum absolute atomic E-state index is 0.0264. The van der Waals surface area contributed by atoms with E-state index in [1.54, 1.807) is 6.20 Å². The minimum Gasteiger partial charge on any atom is -0.480 e. The molecule has 2 heterocycles. The van der Waals surface area contributed by atoms with Gasteiger partial charge in [-0.05, 0) is 43.2 Å². The smallest absolute Gasteiger partial charge is 0.326 e. The molecule has 3 amide bonds. The zero-order chi connectivity index (χ0) is 32.2. The predicted molar refractivity (Wildman–Crippen MR) is 165 cm³/mol. The van der Waals surface area contributed by atoms with Crippen molar-refractivity contribution < 1.29 is 24.3 Å². The molecule has 0 saturated carbocycles. The van der Waals surface area contributed by atoms with Gasteiger partial charge in [0.1, 0.15) is 18.1 Å². The van der Waals surface area contributed by atoms with Gasteiger partial charge in [0.15, 0.2) is 5.96 Å². The Morgan fingerprint density at radius 2 is 1.64 bits per heavy atom. The third-order valence-electron chi connectivity index (χ3n) is 6.96. The second kappa shape index (κ2) is 16.1. The van der Waals surface area contributed by atoms with Crippen LogP contribution in [-0.4, -0.2) is 80.4 Å². The first-order chi connectivity index (χ1) is 20.9. The van der Waals surface area contributed by atoms with Gasteiger partial charge in [0.05, 0.1) is 12.4 Å². The number of carboxylic acid groups (broad SMARTS) is 1. The third kappa shape index (κ3) is 10.1. The fourth-order valence-electron chi connectivity index (χ4n) is 4.74. The molecule has 238 valence electrons. The Bertz CT molecular complexity index is 1430. The number of H-pyrrole nitrogens is 2. The van der Waals surface area contributed by atoms with Crippen LogP contribution >= 0.6 is 0 Å². The molecular formula is C29H42N10O5. The van der Waals surface area contributed by atoms with Gasteiger partial charge < -0.3 is 48.2 Å². The van der Waals surface area contributed by atoms with Gasteiger partial charge >= 0.3 is 5.97 Å². The van der Waals surface area contributed by atoms with Crippen LogP contribution in [0, 0.1) is 5.92 Å². The van der Waals surface area contributed by atoms with Gasteiger partial charge in [-0.15, -0.1) is 0 Å². The number of rotatable bonds is 17. The summed E-state index contributed by atoms with van der Waals surface area (Å²) in [4.78, 5) is 65.7. The van der Waals surface area contributed by atoms with Crippen LogP contribution in [0.25, 0.3) is 10.9 Å². The van der Waals surface area contributed by atoms with E-state index in [9.17, 15) is 24.3 Å². The molecule has 0 aliphatic heterocycles. The zero-order valence-electron chi connectivity index (χ0n) is 24.9. The molecule has 0 radical (unpaired) electrons. The molecule has 2 aromatic heterocycles. The quantitative estimate of drug-likeness (QED) is 0.0548. The lowest BCUT2D eigenvalue weighted by atomic mass is 10.0. The lowest BCUT2D eigenvalue weighted by Gasteiger charge is -2.26. The molecule has 44 heavy (non-hydrogen) atoms. The number of para-hydroxylation sites is 1. The van der Waals surface area contributed by atoms with E-state index in [-0.39, 0.29) is 44.1 Å². The van der Waals surface area contributed by atoms with Crippen molar-refractivity contribution in [2.45, 2.75) is 70.1 Å². The summed E-state index contributed by atoms with van der Waals surface area (Å²) in [7, 11) is 0. The number of aliphatic carboxylic acids is 1. The highest BCUT2D eigenvalue weighted by Gasteiger charge is 2.31. The van der Waals surface area contributed by atoms with E-state index in [0.717, 1.165) is 16.5 Å². The number of aromatic amines is 2. The van der Waals surface area contributed by atoms with E-state index in [1.807, 2.05) is 38.1 Å². The standard InChI is InChI=1S/C29H42N10O5/c1-16(2)10-23(26(41)37-22(28(43)44)8-5-9-34-29(31)32)39-27(42)24(12-18-14-33-15-36-18)38-25(40)20(30)11-17-13-35-21-7-4-3-6-19(17)21/h3-4,6-7,13-16,20,22-24,35H,5,8-12,30H2,1-2H3,(H,33,36)(H,37,41)(H,38,40)(H,39,42)(H,43,44)(H4,31,32,34). The van der Waals surface area contributed by atoms with Crippen LogP contribution in [0.1, 0.15) is 44.4 Å². The summed E-state index contributed by atoms with van der Waals surface area (Å²) in [5.41, 5.74) is 19.2. The van der Waals surface area contributed by atoms with E-state index >= 15 is 0 Å². The van der Waals surface area contributed by atoms with Gasteiger partial charge in [0.25, 0.3) is 0 Å². The molecule has 1 aromatic carbocycles. The van der Waals surface area contributed by atoms with Crippen LogP contribution in [-0.2, 0) is 32.0 Å². The molecule has 0 saturated heterocycles. The van der Waals surface area contributed by atoms with Crippen molar-refractivity contribution in [3.8, 4) is 0 Å². The summed E-state index contributed by atoms with van der Waals surface area (Å²) in [5.74, 6) is -3.22. The van der Waals surface area contributed by atoms with Gasteiger partial charge in [0, 0.05) is 42.0 Å². The molecule has 15 heteroatoms. The first-order valence-corrected chi connectivity index (χ1v) is 14.4. The van der Waals surface area contributed by atoms with Crippen molar-refractivity contribution >= 4 is 40.6 Å². The van der Waals surface area contributed by atoms with E-state index in [4.69, 9.17) is 17.2 Å². The summed E-state index contributed by atoms with van der Waals surface area (Å²) in [6.45, 7) is 3.93. The SMILES string of the molecule is CC(C)CC(NC(=O)C(Cc1cnc[nH]1)NC(=O)C(N)Cc1c[nH]c2ccccc12)C(=O)NC(CCCN=C(N)N)C(=O)O. The number of hydrogen-bond acceptors (Lipinski definition) is 7. The molecule has 0 fully saturated rings. The maximum Gasteiger partial charge on any atom is 0.326 e. The summed E-state index contributed by atoms with van der Waals surface area (Å²) in [6, 6.07) is 3.30. The normalized spacial score (nSPS) is 13.9. The molecule has 0 bridgehead atoms. The number of guanidine groups is 1. The Morgan fingerprint density at radius 3 is 2.30 bits per heavy atom. The lowest BCUT2D eigenvalue weighted by Crippen LogP contribution is -2.58. The van der Waals surface area contributed by atoms with Crippen LogP contribution in [0.3, 0.4) is 0 Å². The zero-order valence-corrected chi connectivity index (χ0v) is 24.9. The highest BCUT2D eigenvalue weighted by molar-refractivity contribution is 5.94. The average molecular weight is 611 g/mol. The number of aromatic nitrogens is 3. The number of carbonyl (C=O) groups excluding carboxylic acids is 3. The number of nitrogens with one attached hydrogen (secondary N) is 5. The number of nitrogens with zero attached hydrogens (tertiary/aromatic N) is 2. The first kappa shape index (κ1) is 33.6. The summed E-state index contributed by atoms with van der Waals surface area (Å²) in [6.07, 6.45) is 5.66. The van der Waals surface area contributed by atoms with Gasteiger partial charge in [-0.3, -0.25) is 19.4 Å². The van der Waals surface area contributed by atoms with Crippen LogP contribution < -0.4 is 33.2 Å². The van der Waals surface area contributed by atoms with Crippen LogP contribution in [0.2, 0.25) is 0 Å². The van der Waals surface area contributed by atoms with Crippen molar-refractivity contribution in [1.82, 2.24) is 30.9 Å². The number of amides is 3. The van der Waals surface area contributed by atoms with Crippen molar-refractivity contribution in [2.24, 2.45) is 28.1 Å². The third-order valence-corrected chi connectivity index (χ3v) is 6.96. The Morgan fingerprint density at radius 1 is 0.955 bits per heavy atom. The monoisotopic (exact) mass is 610 g/mol. The summed E-state index contributed by atoms with van der Waals surface area (Å²) >= 11 is 0. The van der Waals surface area contributed by atoms with Crippen molar-refractivity contribution in [3.63, 3.8) is 0 Å². The molecule has 0 aliphatic rings. The fraction of sp³-hybridized carbons (Fsp3) is 0.448. The Kier molecular flexibility index (Phi) is 12.3. The summed E-state index contributed by atoms with van der Waals surface area (Å²) < 4.78 is 0. The van der Waals surface area contributed by atoms with Crippen molar-refractivity contribution in [3.05, 3.63) is 54.2 Å². The molecule has 15 nitrogen and oxygen atoms in total. The maximum atomic E-state index is 13.6. The van der Waals surface area contributed by atoms with E-state index < -0.39 is 47.9 Å². The number of carboxylic acids is 1. The summed E-state index contributed by atoms with van der Waals surface area (Å²) in [5, 5.41) is 18.5. The number of aliphatic imine (C=N–C) groups is 1. The number of fused-ring (bicyclic) bond motifs is 1. The minimum atomic E-state index is -1.23. The molecule has 0 spiro atoms. The van der Waals surface area contributed by atoms with Crippen molar-refractivity contribution in [1.29, 1.82) is 0 Å². The van der Waals surface area contributed by atoms with E-state index in [1.165, 1.54) is 12.5 Å². The number of benzene rings is 1. The van der Waals surface area contributed by atoms with Gasteiger partial charge in [-0.25, -0.2) is 9.78 Å². The second-order valence-corrected chi connectivity index (χ2v) is 11.1. The Hall–Kier alpha value is -4.92. The van der Waals surface area contributed by atoms with E-state index in [0.29, 0.717) is 12.1 Å². The Balaban J connectivity index is 1.71. The molecule has 3 rings (SSSR count). The fourth-order valence-corrected chi connectivity index (χ4v) is 4.74. The van der Waals surface area contributed by atoms with Crippen LogP contribution in [0.5, 0.6) is 0 Å². The molecule has 3 aromatic rings. The second-order valence-electron chi connectivity index (χ2n) is 11.1. The van der Waals surface area contributed by atoms with Crippen molar-refractivity contribution in [2.75, 3.05) is 6.54 Å². The number of nitrogens with two attached hydrogens (primary N) is 3. The highest BCUT2D eigenvalue weighted by Crippen LogP contribution is 2.19. The molecule has 0 aliphatic carbocycles. The van der Waals surface area contributed by atoms with Gasteiger partial charge in [-0.1, -0.05) is 32.0 Å². The maximum absolute atomic E-state index is 13.6. The topological polar surface area (TPSA) is 259 Å². The van der Waals surface area contributed by atoms with Gasteiger partial charge in [-0.2, -0.15) is 0 Å². The van der Waals surface area contributed by atoms with Gasteiger partial charge in [0.2, 0.25) is 17.7 Å².